The largest absolute Gasteiger partial charge is 0.394 e. The van der Waals surface area contributed by atoms with Gasteiger partial charge in [-0.15, -0.1) is 0 Å². The molecule has 1 aliphatic rings. The first-order valence-electron chi connectivity index (χ1n) is 11.2. The van der Waals surface area contributed by atoms with E-state index in [4.69, 9.17) is 0 Å². The third-order valence-electron chi connectivity index (χ3n) is 5.97. The van der Waals surface area contributed by atoms with Crippen LogP contribution in [0.4, 0.5) is 0 Å². The number of carbonyl (C=O) groups is 1. The van der Waals surface area contributed by atoms with Gasteiger partial charge in [0.1, 0.15) is 0 Å². The number of unbranched alkanes of at least 4 members (excludes halogenated alkanes) is 10. The highest BCUT2D eigenvalue weighted by molar-refractivity contribution is 5.80. The second kappa shape index (κ2) is 14.4. The molecule has 154 valence electrons. The molecule has 0 aromatic heterocycles. The lowest BCUT2D eigenvalue weighted by molar-refractivity contribution is -0.138. The van der Waals surface area contributed by atoms with Crippen LogP contribution in [0.1, 0.15) is 104 Å². The summed E-state index contributed by atoms with van der Waals surface area (Å²) in [5, 5.41) is 22.7. The van der Waals surface area contributed by atoms with E-state index in [-0.39, 0.29) is 24.3 Å². The average Bonchev–Trinajstić information content (AvgIpc) is 2.64. The molecule has 0 saturated carbocycles. The van der Waals surface area contributed by atoms with Gasteiger partial charge in [-0.25, -0.2) is 0 Å². The van der Waals surface area contributed by atoms with E-state index in [2.05, 4.69) is 19.2 Å². The number of rotatable bonds is 15. The number of hydrogen-bond donors (Lipinski definition) is 3. The minimum absolute atomic E-state index is 0.000541. The van der Waals surface area contributed by atoms with Crippen molar-refractivity contribution in [1.29, 1.82) is 0 Å². The SMILES string of the molecule is CCCCCCCCCCCCC[C@@H]1[C@@H](O)[C@H](CO)NC(=O)[C@H]1CCC. The summed E-state index contributed by atoms with van der Waals surface area (Å²) in [6.07, 6.45) is 16.4. The van der Waals surface area contributed by atoms with Crippen LogP contribution in [0.3, 0.4) is 0 Å². The molecule has 0 aromatic rings. The third-order valence-corrected chi connectivity index (χ3v) is 5.97. The van der Waals surface area contributed by atoms with Crippen LogP contribution in [-0.2, 0) is 4.79 Å². The second-order valence-corrected chi connectivity index (χ2v) is 8.17. The van der Waals surface area contributed by atoms with Crippen molar-refractivity contribution in [3.05, 3.63) is 0 Å². The smallest absolute Gasteiger partial charge is 0.223 e. The van der Waals surface area contributed by atoms with Crippen LogP contribution >= 0.6 is 0 Å². The molecule has 3 N–H and O–H groups in total. The van der Waals surface area contributed by atoms with E-state index in [1.54, 1.807) is 0 Å². The first kappa shape index (κ1) is 23.4. The van der Waals surface area contributed by atoms with Crippen molar-refractivity contribution in [2.45, 2.75) is 116 Å². The van der Waals surface area contributed by atoms with Gasteiger partial charge in [-0.1, -0.05) is 90.9 Å². The molecule has 4 nitrogen and oxygen atoms in total. The maximum absolute atomic E-state index is 12.3. The van der Waals surface area contributed by atoms with Gasteiger partial charge in [-0.05, 0) is 18.8 Å². The number of carbonyl (C=O) groups excluding carboxylic acids is 1. The summed E-state index contributed by atoms with van der Waals surface area (Å²) in [7, 11) is 0. The van der Waals surface area contributed by atoms with E-state index in [1.165, 1.54) is 64.2 Å². The molecule has 0 unspecified atom stereocenters. The fourth-order valence-corrected chi connectivity index (χ4v) is 4.33. The molecule has 1 aliphatic heterocycles. The summed E-state index contributed by atoms with van der Waals surface area (Å²) in [4.78, 5) is 12.3. The van der Waals surface area contributed by atoms with Gasteiger partial charge in [0.05, 0.1) is 18.8 Å². The Morgan fingerprint density at radius 1 is 0.808 bits per heavy atom. The lowest BCUT2D eigenvalue weighted by atomic mass is 9.75. The average molecular weight is 370 g/mol. The molecule has 26 heavy (non-hydrogen) atoms. The lowest BCUT2D eigenvalue weighted by Gasteiger charge is -2.40. The Morgan fingerprint density at radius 3 is 1.85 bits per heavy atom. The van der Waals surface area contributed by atoms with Crippen molar-refractivity contribution in [3.63, 3.8) is 0 Å². The van der Waals surface area contributed by atoms with E-state index in [0.29, 0.717) is 0 Å². The molecule has 0 bridgehead atoms. The van der Waals surface area contributed by atoms with Crippen LogP contribution in [0, 0.1) is 11.8 Å². The number of aliphatic hydroxyl groups is 2. The van der Waals surface area contributed by atoms with E-state index < -0.39 is 12.1 Å². The number of amides is 1. The monoisotopic (exact) mass is 369 g/mol. The molecule has 1 heterocycles. The number of hydrogen-bond acceptors (Lipinski definition) is 3. The van der Waals surface area contributed by atoms with Gasteiger partial charge in [0.25, 0.3) is 0 Å². The third kappa shape index (κ3) is 8.39. The first-order chi connectivity index (χ1) is 12.7. The second-order valence-electron chi connectivity index (χ2n) is 8.17. The van der Waals surface area contributed by atoms with Crippen molar-refractivity contribution >= 4 is 5.91 Å². The molecule has 0 radical (unpaired) electrons. The predicted octanol–water partition coefficient (Wildman–Crippen LogP) is 4.57. The Labute approximate surface area is 161 Å². The van der Waals surface area contributed by atoms with Gasteiger partial charge in [0, 0.05) is 5.92 Å². The van der Waals surface area contributed by atoms with E-state index in [9.17, 15) is 15.0 Å². The number of nitrogens with one attached hydrogen (secondary N) is 1. The minimum Gasteiger partial charge on any atom is -0.394 e. The topological polar surface area (TPSA) is 69.6 Å². The van der Waals surface area contributed by atoms with E-state index >= 15 is 0 Å². The van der Waals surface area contributed by atoms with Crippen LogP contribution in [0.5, 0.6) is 0 Å². The molecule has 4 heteroatoms. The molecular weight excluding hydrogens is 326 g/mol. The van der Waals surface area contributed by atoms with Gasteiger partial charge in [-0.2, -0.15) is 0 Å². The maximum Gasteiger partial charge on any atom is 0.223 e. The summed E-state index contributed by atoms with van der Waals surface area (Å²) in [6.45, 7) is 4.16. The summed E-state index contributed by atoms with van der Waals surface area (Å²) in [5.41, 5.74) is 0. The quantitative estimate of drug-likeness (QED) is 0.370. The Balaban J connectivity index is 2.19. The molecule has 4 atom stereocenters. The van der Waals surface area contributed by atoms with Crippen molar-refractivity contribution in [2.24, 2.45) is 11.8 Å². The zero-order chi connectivity index (χ0) is 19.2. The minimum atomic E-state index is -0.614. The van der Waals surface area contributed by atoms with Crippen molar-refractivity contribution in [1.82, 2.24) is 5.32 Å². The highest BCUT2D eigenvalue weighted by Crippen LogP contribution is 2.32. The molecule has 1 amide bonds. The summed E-state index contributed by atoms with van der Waals surface area (Å²) >= 11 is 0. The van der Waals surface area contributed by atoms with Gasteiger partial charge in [0.15, 0.2) is 0 Å². The summed E-state index contributed by atoms with van der Waals surface area (Å²) in [5.74, 6) is -0.0791. The van der Waals surface area contributed by atoms with Crippen molar-refractivity contribution in [3.8, 4) is 0 Å². The Kier molecular flexibility index (Phi) is 13.0. The van der Waals surface area contributed by atoms with Crippen molar-refractivity contribution in [2.75, 3.05) is 6.61 Å². The summed E-state index contributed by atoms with van der Waals surface area (Å²) in [6, 6.07) is -0.492. The number of aliphatic hydroxyl groups excluding tert-OH is 2. The molecule has 0 aliphatic carbocycles. The molecule has 1 fully saturated rings. The Morgan fingerprint density at radius 2 is 1.35 bits per heavy atom. The van der Waals surface area contributed by atoms with E-state index in [1.807, 2.05) is 0 Å². The summed E-state index contributed by atoms with van der Waals surface area (Å²) < 4.78 is 0. The van der Waals surface area contributed by atoms with Crippen molar-refractivity contribution < 1.29 is 15.0 Å². The van der Waals surface area contributed by atoms with Crippen LogP contribution in [0.2, 0.25) is 0 Å². The van der Waals surface area contributed by atoms with Crippen LogP contribution < -0.4 is 5.32 Å². The first-order valence-corrected chi connectivity index (χ1v) is 11.2. The zero-order valence-electron chi connectivity index (χ0n) is 17.2. The van der Waals surface area contributed by atoms with E-state index in [0.717, 1.165) is 25.7 Å². The standard InChI is InChI=1S/C22H43NO3/c1-3-5-6-7-8-9-10-11-12-13-14-16-18-19(15-4-2)22(26)23-20(17-24)21(18)25/h18-21,24-25H,3-17H2,1-2H3,(H,23,26)/t18-,19-,20-,21+/m0/s1. The van der Waals surface area contributed by atoms with Gasteiger partial charge < -0.3 is 15.5 Å². The molecular formula is C22H43NO3. The Bertz CT molecular complexity index is 361. The number of piperidine rings is 1. The fraction of sp³-hybridized carbons (Fsp3) is 0.955. The van der Waals surface area contributed by atoms with Crippen LogP contribution in [0.15, 0.2) is 0 Å². The van der Waals surface area contributed by atoms with Gasteiger partial charge in [-0.3, -0.25) is 4.79 Å². The Hall–Kier alpha value is -0.610. The zero-order valence-corrected chi connectivity index (χ0v) is 17.2. The lowest BCUT2D eigenvalue weighted by Crippen LogP contribution is -2.58. The van der Waals surface area contributed by atoms with Crippen LogP contribution in [0.25, 0.3) is 0 Å². The molecule has 1 rings (SSSR count). The maximum atomic E-state index is 12.3. The van der Waals surface area contributed by atoms with Gasteiger partial charge >= 0.3 is 0 Å². The molecule has 1 saturated heterocycles. The highest BCUT2D eigenvalue weighted by Gasteiger charge is 2.41. The molecule has 0 aromatic carbocycles. The predicted molar refractivity (Wildman–Crippen MR) is 108 cm³/mol. The molecule has 0 spiro atoms. The normalized spacial score (nSPS) is 26.1. The fourth-order valence-electron chi connectivity index (χ4n) is 4.33. The van der Waals surface area contributed by atoms with Crippen LogP contribution in [-0.4, -0.2) is 34.9 Å². The van der Waals surface area contributed by atoms with Gasteiger partial charge in [0.2, 0.25) is 5.91 Å². The highest BCUT2D eigenvalue weighted by atomic mass is 16.3.